The topological polar surface area (TPSA) is 116 Å². The molecule has 228 valence electrons. The normalized spacial score (nSPS) is 12.3. The number of hydrogen-bond donors (Lipinski definition) is 4. The van der Waals surface area contributed by atoms with Crippen LogP contribution in [0, 0.1) is 0 Å². The molecule has 0 fully saturated rings. The van der Waals surface area contributed by atoms with Crippen molar-refractivity contribution in [2.24, 2.45) is 0 Å². The first-order valence-electron chi connectivity index (χ1n) is 14.4. The Morgan fingerprint density at radius 3 is 1.39 bits per heavy atom. The van der Waals surface area contributed by atoms with Crippen molar-refractivity contribution in [3.8, 4) is 11.5 Å². The summed E-state index contributed by atoms with van der Waals surface area (Å²) in [5, 5.41) is 3.53. The Hall–Kier alpha value is -5.06. The fourth-order valence-corrected chi connectivity index (χ4v) is 6.51. The average Bonchev–Trinajstić information content (AvgIpc) is 3.82. The van der Waals surface area contributed by atoms with Gasteiger partial charge in [-0.1, -0.05) is 31.9 Å². The van der Waals surface area contributed by atoms with Crippen LogP contribution in [0.2, 0.25) is 0 Å². The predicted octanol–water partition coefficient (Wildman–Crippen LogP) is 4.84. The summed E-state index contributed by atoms with van der Waals surface area (Å²) < 4.78 is 12.6. The Kier molecular flexibility index (Phi) is 7.75. The molecule has 1 aliphatic heterocycles. The zero-order chi connectivity index (χ0) is 31.9. The zero-order valence-electron chi connectivity index (χ0n) is 24.6. The van der Waals surface area contributed by atoms with E-state index in [9.17, 15) is 9.59 Å². The highest BCUT2D eigenvalue weighted by Gasteiger charge is 2.17. The molecule has 4 aromatic heterocycles. The van der Waals surface area contributed by atoms with E-state index in [1.54, 1.807) is 12.1 Å². The fourth-order valence-electron chi connectivity index (χ4n) is 5.62. The van der Waals surface area contributed by atoms with Gasteiger partial charge in [-0.05, 0) is 97.1 Å². The number of ether oxygens (including phenoxy) is 2. The monoisotopic (exact) mass is 736 g/mol. The average molecular weight is 738 g/mol. The van der Waals surface area contributed by atoms with E-state index in [0.29, 0.717) is 11.5 Å². The number of rotatable bonds is 4. The molecule has 0 saturated carbocycles. The standard InChI is InChI=1S/C36H26Br2N4O4/c1-19(43)45-25-7-9-29(37)27(17-25)35-31-11-3-21(39-31)15-23-5-13-33(41-23)36(28-18-26(46-20(2)44)8-10-30(28)38)34-14-6-24(42-34)16-22-4-12-32(35)40-22/h3-18,39-42H,1-2H3. The molecule has 0 radical (unpaired) electrons. The van der Waals surface area contributed by atoms with E-state index in [-0.39, 0.29) is 11.9 Å². The van der Waals surface area contributed by atoms with Gasteiger partial charge in [0.2, 0.25) is 0 Å². The predicted molar refractivity (Wildman–Crippen MR) is 183 cm³/mol. The van der Waals surface area contributed by atoms with Crippen LogP contribution in [0.4, 0.5) is 0 Å². The minimum absolute atomic E-state index is 0.384. The van der Waals surface area contributed by atoms with Crippen molar-refractivity contribution in [3.63, 3.8) is 0 Å². The van der Waals surface area contributed by atoms with Gasteiger partial charge < -0.3 is 29.4 Å². The Balaban J connectivity index is 1.48. The van der Waals surface area contributed by atoms with E-state index in [2.05, 4.69) is 51.8 Å². The molecule has 8 bridgehead atoms. The van der Waals surface area contributed by atoms with Gasteiger partial charge in [-0.25, -0.2) is 0 Å². The summed E-state index contributed by atoms with van der Waals surface area (Å²) in [5.41, 5.74) is 7.04. The number of hydrogen-bond acceptors (Lipinski definition) is 4. The molecule has 0 spiro atoms. The van der Waals surface area contributed by atoms with E-state index >= 15 is 0 Å². The lowest BCUT2D eigenvalue weighted by molar-refractivity contribution is -0.132. The number of esters is 2. The van der Waals surface area contributed by atoms with Gasteiger partial charge in [0, 0.05) is 89.2 Å². The SMILES string of the molecule is CC(=O)Oc1ccc(Br)c(C2=c3ccc([nH]3)=Cc3ccc([nH]3)C(c3cc(OC(C)=O)ccc3Br)=c3ccc([nH]3)=Cc3ccc2[nH]3)c1. The number of halogens is 2. The second kappa shape index (κ2) is 12.0. The van der Waals surface area contributed by atoms with E-state index in [4.69, 9.17) is 9.47 Å². The van der Waals surface area contributed by atoms with Crippen molar-refractivity contribution in [3.05, 3.63) is 149 Å². The summed E-state index contributed by atoms with van der Waals surface area (Å²) in [4.78, 5) is 37.7. The highest BCUT2D eigenvalue weighted by atomic mass is 79.9. The second-order valence-corrected chi connectivity index (χ2v) is 12.5. The third kappa shape index (κ3) is 5.96. The molecule has 0 atom stereocenters. The second-order valence-electron chi connectivity index (χ2n) is 10.8. The summed E-state index contributed by atoms with van der Waals surface area (Å²) >= 11 is 7.44. The molecule has 1 aliphatic rings. The molecule has 7 rings (SSSR count). The molecular weight excluding hydrogens is 712 g/mol. The molecule has 0 aliphatic carbocycles. The quantitative estimate of drug-likeness (QED) is 0.153. The summed E-state index contributed by atoms with van der Waals surface area (Å²) in [6.07, 6.45) is 4.08. The Morgan fingerprint density at radius 1 is 0.543 bits per heavy atom. The van der Waals surface area contributed by atoms with Crippen molar-refractivity contribution in [2.45, 2.75) is 13.8 Å². The molecule has 6 aromatic rings. The van der Waals surface area contributed by atoms with E-state index in [1.165, 1.54) is 13.8 Å². The van der Waals surface area contributed by atoms with Crippen LogP contribution in [0.1, 0.15) is 47.8 Å². The van der Waals surface area contributed by atoms with Crippen LogP contribution in [0.5, 0.6) is 11.5 Å². The Labute approximate surface area is 279 Å². The van der Waals surface area contributed by atoms with E-state index in [0.717, 1.165) is 75.4 Å². The van der Waals surface area contributed by atoms with Gasteiger partial charge in [-0.2, -0.15) is 0 Å². The summed E-state index contributed by atoms with van der Waals surface area (Å²) in [6, 6.07) is 27.2. The van der Waals surface area contributed by atoms with E-state index < -0.39 is 0 Å². The molecular formula is C36H26Br2N4O4. The van der Waals surface area contributed by atoms with Crippen molar-refractivity contribution in [2.75, 3.05) is 0 Å². The van der Waals surface area contributed by atoms with Gasteiger partial charge >= 0.3 is 11.9 Å². The van der Waals surface area contributed by atoms with Gasteiger partial charge in [0.1, 0.15) is 11.5 Å². The molecule has 0 saturated heterocycles. The van der Waals surface area contributed by atoms with Gasteiger partial charge in [0.25, 0.3) is 0 Å². The summed E-state index contributed by atoms with van der Waals surface area (Å²) in [7, 11) is 0. The van der Waals surface area contributed by atoms with Crippen molar-refractivity contribution >= 4 is 67.1 Å². The maximum absolute atomic E-state index is 11.7. The lowest BCUT2D eigenvalue weighted by Gasteiger charge is -2.11. The number of aromatic nitrogens is 4. The van der Waals surface area contributed by atoms with Crippen LogP contribution in [0.25, 0.3) is 23.3 Å². The van der Waals surface area contributed by atoms with E-state index in [1.807, 2.05) is 84.9 Å². The summed E-state index contributed by atoms with van der Waals surface area (Å²) in [6.45, 7) is 2.78. The van der Waals surface area contributed by atoms with Crippen LogP contribution >= 0.6 is 31.9 Å². The Morgan fingerprint density at radius 2 is 0.978 bits per heavy atom. The number of benzene rings is 2. The molecule has 0 unspecified atom stereocenters. The maximum atomic E-state index is 11.7. The van der Waals surface area contributed by atoms with Gasteiger partial charge in [-0.15, -0.1) is 0 Å². The van der Waals surface area contributed by atoms with Crippen molar-refractivity contribution in [1.82, 2.24) is 19.9 Å². The molecule has 4 N–H and O–H groups in total. The number of carbonyl (C=O) groups is 2. The first-order chi connectivity index (χ1) is 22.2. The van der Waals surface area contributed by atoms with Gasteiger partial charge in [0.05, 0.1) is 0 Å². The third-order valence-electron chi connectivity index (χ3n) is 7.47. The number of H-pyrrole nitrogens is 4. The van der Waals surface area contributed by atoms with Crippen LogP contribution < -0.4 is 30.9 Å². The lowest BCUT2D eigenvalue weighted by Crippen LogP contribution is -2.16. The number of carbonyl (C=O) groups excluding carboxylic acids is 2. The van der Waals surface area contributed by atoms with Crippen molar-refractivity contribution < 1.29 is 19.1 Å². The minimum atomic E-state index is -0.384. The molecule has 2 aromatic carbocycles. The first kappa shape index (κ1) is 29.6. The van der Waals surface area contributed by atoms with Gasteiger partial charge in [0.15, 0.2) is 0 Å². The van der Waals surface area contributed by atoms with Crippen LogP contribution in [0.3, 0.4) is 0 Å². The Bertz CT molecular complexity index is 2260. The van der Waals surface area contributed by atoms with Gasteiger partial charge in [-0.3, -0.25) is 9.59 Å². The molecule has 46 heavy (non-hydrogen) atoms. The van der Waals surface area contributed by atoms with Crippen LogP contribution in [-0.4, -0.2) is 31.9 Å². The van der Waals surface area contributed by atoms with Crippen LogP contribution in [-0.2, 0) is 9.59 Å². The lowest BCUT2D eigenvalue weighted by atomic mass is 10.0. The minimum Gasteiger partial charge on any atom is -0.427 e. The largest absolute Gasteiger partial charge is 0.427 e. The van der Waals surface area contributed by atoms with Crippen molar-refractivity contribution in [1.29, 1.82) is 0 Å². The van der Waals surface area contributed by atoms with Crippen LogP contribution in [0.15, 0.2) is 93.9 Å². The number of fused-ring (bicyclic) bond motifs is 8. The molecule has 5 heterocycles. The number of nitrogens with one attached hydrogen (secondary N) is 4. The molecule has 8 nitrogen and oxygen atoms in total. The maximum Gasteiger partial charge on any atom is 0.308 e. The fraction of sp³-hybridized carbons (Fsp3) is 0.0556. The summed E-state index contributed by atoms with van der Waals surface area (Å²) in [5.74, 6) is 0.143. The smallest absolute Gasteiger partial charge is 0.308 e. The first-order valence-corrected chi connectivity index (χ1v) is 16.0. The molecule has 0 amide bonds. The highest BCUT2D eigenvalue weighted by Crippen LogP contribution is 2.32. The zero-order valence-corrected chi connectivity index (χ0v) is 27.8. The number of aromatic amines is 4. The molecule has 10 heteroatoms. The third-order valence-corrected chi connectivity index (χ3v) is 8.85. The highest BCUT2D eigenvalue weighted by molar-refractivity contribution is 9.10.